The van der Waals surface area contributed by atoms with Gasteiger partial charge in [-0.25, -0.2) is 0 Å². The van der Waals surface area contributed by atoms with Crippen LogP contribution in [0, 0.1) is 0 Å². The predicted octanol–water partition coefficient (Wildman–Crippen LogP) is -0.710. The van der Waals surface area contributed by atoms with Crippen LogP contribution in [0.1, 0.15) is 6.92 Å². The number of amides is 1. The molecule has 0 unspecified atom stereocenters. The Morgan fingerprint density at radius 1 is 1.40 bits per heavy atom. The van der Waals surface area contributed by atoms with E-state index in [1.807, 2.05) is 7.05 Å². The van der Waals surface area contributed by atoms with Crippen molar-refractivity contribution in [3.8, 4) is 0 Å². The van der Waals surface area contributed by atoms with E-state index >= 15 is 0 Å². The average molecular weight is 217 g/mol. The van der Waals surface area contributed by atoms with Gasteiger partial charge in [-0.2, -0.15) is 0 Å². The van der Waals surface area contributed by atoms with Gasteiger partial charge in [-0.3, -0.25) is 4.79 Å². The summed E-state index contributed by atoms with van der Waals surface area (Å²) in [5, 5.41) is 5.83. The number of carbonyl (C=O) groups is 1. The lowest BCUT2D eigenvalue weighted by atomic mass is 10.5. The third kappa shape index (κ3) is 9.65. The van der Waals surface area contributed by atoms with E-state index in [-0.39, 0.29) is 5.91 Å². The third-order valence-electron chi connectivity index (χ3n) is 2.12. The molecule has 2 N–H and O–H groups in total. The van der Waals surface area contributed by atoms with Crippen molar-refractivity contribution in [1.82, 2.24) is 15.5 Å². The molecule has 0 aromatic rings. The molecular weight excluding hydrogens is 194 g/mol. The Morgan fingerprint density at radius 2 is 2.13 bits per heavy atom. The summed E-state index contributed by atoms with van der Waals surface area (Å²) in [5.41, 5.74) is 0. The topological polar surface area (TPSA) is 53.6 Å². The molecule has 0 rings (SSSR count). The summed E-state index contributed by atoms with van der Waals surface area (Å²) in [6.45, 7) is 6.38. The molecule has 5 nitrogen and oxygen atoms in total. The molecule has 0 aromatic heterocycles. The first-order valence-electron chi connectivity index (χ1n) is 5.35. The first-order valence-corrected chi connectivity index (χ1v) is 5.35. The summed E-state index contributed by atoms with van der Waals surface area (Å²) in [7, 11) is 3.67. The van der Waals surface area contributed by atoms with Gasteiger partial charge in [0.2, 0.25) is 5.91 Å². The number of methoxy groups -OCH3 is 1. The van der Waals surface area contributed by atoms with E-state index in [0.717, 1.165) is 13.1 Å². The summed E-state index contributed by atoms with van der Waals surface area (Å²) in [6, 6.07) is 0. The van der Waals surface area contributed by atoms with Gasteiger partial charge in [0, 0.05) is 26.7 Å². The normalized spacial score (nSPS) is 10.7. The van der Waals surface area contributed by atoms with Crippen molar-refractivity contribution in [1.29, 1.82) is 0 Å². The van der Waals surface area contributed by atoms with Gasteiger partial charge in [0.05, 0.1) is 13.2 Å². The quantitative estimate of drug-likeness (QED) is 0.501. The zero-order valence-electron chi connectivity index (χ0n) is 10.0. The fourth-order valence-electron chi connectivity index (χ4n) is 0.983. The van der Waals surface area contributed by atoms with Gasteiger partial charge in [0.1, 0.15) is 0 Å². The minimum absolute atomic E-state index is 0.0376. The van der Waals surface area contributed by atoms with Crippen molar-refractivity contribution < 1.29 is 9.53 Å². The van der Waals surface area contributed by atoms with Gasteiger partial charge in [0.25, 0.3) is 0 Å². The molecule has 0 fully saturated rings. The lowest BCUT2D eigenvalue weighted by Crippen LogP contribution is -2.38. The Balaban J connectivity index is 3.26. The molecule has 0 aliphatic carbocycles. The molecular formula is C10H23N3O2. The molecule has 0 radical (unpaired) electrons. The molecule has 0 aliphatic heterocycles. The van der Waals surface area contributed by atoms with Crippen molar-refractivity contribution in [2.75, 3.05) is 53.5 Å². The lowest BCUT2D eigenvalue weighted by molar-refractivity contribution is -0.120. The molecule has 0 spiro atoms. The maximum Gasteiger partial charge on any atom is 0.234 e. The number of rotatable bonds is 9. The van der Waals surface area contributed by atoms with Crippen molar-refractivity contribution in [2.24, 2.45) is 0 Å². The van der Waals surface area contributed by atoms with Crippen LogP contribution in [0.2, 0.25) is 0 Å². The SMILES string of the molecule is CCN(C)CCNC(=O)CNCCOC. The molecule has 0 heterocycles. The van der Waals surface area contributed by atoms with Crippen molar-refractivity contribution in [3.63, 3.8) is 0 Å². The van der Waals surface area contributed by atoms with Crippen LogP contribution in [0.3, 0.4) is 0 Å². The molecule has 90 valence electrons. The second-order valence-corrected chi connectivity index (χ2v) is 3.42. The van der Waals surface area contributed by atoms with Gasteiger partial charge in [-0.1, -0.05) is 6.92 Å². The number of carbonyl (C=O) groups excluding carboxylic acids is 1. The maximum absolute atomic E-state index is 11.2. The molecule has 5 heteroatoms. The standard InChI is InChI=1S/C10H23N3O2/c1-4-13(2)7-5-12-10(14)9-11-6-8-15-3/h11H,4-9H2,1-3H3,(H,12,14). The van der Waals surface area contributed by atoms with Crippen LogP contribution in [0.25, 0.3) is 0 Å². The fraction of sp³-hybridized carbons (Fsp3) is 0.900. The van der Waals surface area contributed by atoms with Gasteiger partial charge in [0.15, 0.2) is 0 Å². The second-order valence-electron chi connectivity index (χ2n) is 3.42. The van der Waals surface area contributed by atoms with Crippen LogP contribution in [0.5, 0.6) is 0 Å². The van der Waals surface area contributed by atoms with E-state index < -0.39 is 0 Å². The van der Waals surface area contributed by atoms with Crippen LogP contribution < -0.4 is 10.6 Å². The molecule has 15 heavy (non-hydrogen) atoms. The number of hydrogen-bond donors (Lipinski definition) is 2. The Hall–Kier alpha value is -0.650. The number of hydrogen-bond acceptors (Lipinski definition) is 4. The Kier molecular flexibility index (Phi) is 9.46. The molecule has 0 bridgehead atoms. The smallest absolute Gasteiger partial charge is 0.234 e. The minimum atomic E-state index is 0.0376. The van der Waals surface area contributed by atoms with E-state index in [9.17, 15) is 4.79 Å². The van der Waals surface area contributed by atoms with Crippen molar-refractivity contribution in [2.45, 2.75) is 6.92 Å². The van der Waals surface area contributed by atoms with E-state index in [1.165, 1.54) is 0 Å². The molecule has 0 aromatic carbocycles. The number of likely N-dealkylation sites (N-methyl/N-ethyl adjacent to an activating group) is 1. The third-order valence-corrected chi connectivity index (χ3v) is 2.12. The fourth-order valence-corrected chi connectivity index (χ4v) is 0.983. The summed E-state index contributed by atoms with van der Waals surface area (Å²) in [4.78, 5) is 13.4. The van der Waals surface area contributed by atoms with E-state index in [0.29, 0.717) is 26.2 Å². The van der Waals surface area contributed by atoms with Crippen LogP contribution >= 0.6 is 0 Å². The molecule has 0 saturated heterocycles. The molecule has 1 amide bonds. The summed E-state index contributed by atoms with van der Waals surface area (Å²) < 4.78 is 4.85. The van der Waals surface area contributed by atoms with Gasteiger partial charge < -0.3 is 20.3 Å². The van der Waals surface area contributed by atoms with E-state index in [4.69, 9.17) is 4.74 Å². The first-order chi connectivity index (χ1) is 7.20. The van der Waals surface area contributed by atoms with Crippen LogP contribution in [-0.2, 0) is 9.53 Å². The van der Waals surface area contributed by atoms with Gasteiger partial charge >= 0.3 is 0 Å². The van der Waals surface area contributed by atoms with Crippen LogP contribution in [0.4, 0.5) is 0 Å². The second kappa shape index (κ2) is 9.89. The Morgan fingerprint density at radius 3 is 2.73 bits per heavy atom. The summed E-state index contributed by atoms with van der Waals surface area (Å²) >= 11 is 0. The van der Waals surface area contributed by atoms with Crippen LogP contribution in [0.15, 0.2) is 0 Å². The highest BCUT2D eigenvalue weighted by atomic mass is 16.5. The lowest BCUT2D eigenvalue weighted by Gasteiger charge is -2.14. The van der Waals surface area contributed by atoms with E-state index in [2.05, 4.69) is 22.5 Å². The first kappa shape index (κ1) is 14.3. The maximum atomic E-state index is 11.2. The molecule has 0 atom stereocenters. The average Bonchev–Trinajstić information content (AvgIpc) is 2.24. The summed E-state index contributed by atoms with van der Waals surface area (Å²) in [6.07, 6.45) is 0. The van der Waals surface area contributed by atoms with Crippen molar-refractivity contribution >= 4 is 5.91 Å². The minimum Gasteiger partial charge on any atom is -0.383 e. The zero-order valence-corrected chi connectivity index (χ0v) is 10.0. The zero-order chi connectivity index (χ0) is 11.5. The largest absolute Gasteiger partial charge is 0.383 e. The molecule has 0 aliphatic rings. The highest BCUT2D eigenvalue weighted by molar-refractivity contribution is 5.77. The number of ether oxygens (including phenoxy) is 1. The highest BCUT2D eigenvalue weighted by Crippen LogP contribution is 1.77. The highest BCUT2D eigenvalue weighted by Gasteiger charge is 2.00. The Labute approximate surface area is 92.2 Å². The van der Waals surface area contributed by atoms with Crippen LogP contribution in [-0.4, -0.2) is 64.3 Å². The number of nitrogens with one attached hydrogen (secondary N) is 2. The van der Waals surface area contributed by atoms with E-state index in [1.54, 1.807) is 7.11 Å². The van der Waals surface area contributed by atoms with Gasteiger partial charge in [-0.05, 0) is 13.6 Å². The van der Waals surface area contributed by atoms with Crippen molar-refractivity contribution in [3.05, 3.63) is 0 Å². The monoisotopic (exact) mass is 217 g/mol. The predicted molar refractivity (Wildman–Crippen MR) is 60.9 cm³/mol. The Bertz CT molecular complexity index is 165. The molecule has 0 saturated carbocycles. The number of nitrogens with zero attached hydrogens (tertiary/aromatic N) is 1. The van der Waals surface area contributed by atoms with Gasteiger partial charge in [-0.15, -0.1) is 0 Å². The summed E-state index contributed by atoms with van der Waals surface area (Å²) in [5.74, 6) is 0.0376.